The van der Waals surface area contributed by atoms with Crippen LogP contribution in [0.25, 0.3) is 0 Å². The Kier molecular flexibility index (Phi) is 4.55. The molecule has 0 aliphatic carbocycles. The second-order valence-electron chi connectivity index (χ2n) is 4.07. The molecule has 0 saturated carbocycles. The number of hydrogen-bond acceptors (Lipinski definition) is 4. The molecule has 0 bridgehead atoms. The summed E-state index contributed by atoms with van der Waals surface area (Å²) in [7, 11) is 1.52. The highest BCUT2D eigenvalue weighted by Crippen LogP contribution is 2.28. The zero-order valence-corrected chi connectivity index (χ0v) is 10.9. The van der Waals surface area contributed by atoms with Gasteiger partial charge in [-0.05, 0) is 35.9 Å². The van der Waals surface area contributed by atoms with Crippen LogP contribution >= 0.6 is 0 Å². The highest BCUT2D eigenvalue weighted by Gasteiger charge is 2.06. The average molecular weight is 275 g/mol. The molecule has 0 aromatic heterocycles. The van der Waals surface area contributed by atoms with Gasteiger partial charge in [-0.2, -0.15) is 0 Å². The largest absolute Gasteiger partial charge is 0.493 e. The average Bonchev–Trinajstić information content (AvgIpc) is 2.46. The number of methoxy groups -OCH3 is 1. The summed E-state index contributed by atoms with van der Waals surface area (Å²) < 4.78 is 23.9. The zero-order valence-electron chi connectivity index (χ0n) is 10.9. The van der Waals surface area contributed by atoms with Crippen LogP contribution in [0.4, 0.5) is 4.39 Å². The van der Waals surface area contributed by atoms with E-state index in [4.69, 9.17) is 14.7 Å². The van der Waals surface area contributed by atoms with Gasteiger partial charge in [0.1, 0.15) is 12.4 Å². The van der Waals surface area contributed by atoms with Gasteiger partial charge in [-0.15, -0.1) is 0 Å². The van der Waals surface area contributed by atoms with Gasteiger partial charge >= 0.3 is 0 Å². The molecule has 0 aliphatic heterocycles. The SMILES string of the molecule is COc1cc(C=NO)ccc1OCc1cccc(F)c1. The molecule has 104 valence electrons. The van der Waals surface area contributed by atoms with E-state index in [9.17, 15) is 4.39 Å². The van der Waals surface area contributed by atoms with E-state index in [2.05, 4.69) is 5.16 Å². The van der Waals surface area contributed by atoms with Crippen LogP contribution in [-0.4, -0.2) is 18.5 Å². The Bertz CT molecular complexity index is 614. The van der Waals surface area contributed by atoms with Gasteiger partial charge in [-0.25, -0.2) is 4.39 Å². The molecule has 0 spiro atoms. The molecule has 20 heavy (non-hydrogen) atoms. The van der Waals surface area contributed by atoms with Crippen LogP contribution in [0.1, 0.15) is 11.1 Å². The predicted octanol–water partition coefficient (Wildman–Crippen LogP) is 3.22. The first-order valence-electron chi connectivity index (χ1n) is 5.95. The summed E-state index contributed by atoms with van der Waals surface area (Å²) in [4.78, 5) is 0. The normalized spacial score (nSPS) is 10.7. The standard InChI is InChI=1S/C15H14FNO3/c1-19-15-8-11(9-17-18)5-6-14(15)20-10-12-3-2-4-13(16)7-12/h2-9,18H,10H2,1H3. The van der Waals surface area contributed by atoms with E-state index in [0.717, 1.165) is 5.56 Å². The fourth-order valence-electron chi connectivity index (χ4n) is 1.74. The topological polar surface area (TPSA) is 51.0 Å². The number of halogens is 1. The van der Waals surface area contributed by atoms with Gasteiger partial charge in [-0.1, -0.05) is 17.3 Å². The summed E-state index contributed by atoms with van der Waals surface area (Å²) in [6.45, 7) is 0.238. The van der Waals surface area contributed by atoms with E-state index in [0.29, 0.717) is 17.1 Å². The molecule has 5 heteroatoms. The lowest BCUT2D eigenvalue weighted by Gasteiger charge is -2.11. The van der Waals surface area contributed by atoms with E-state index in [1.165, 1.54) is 25.5 Å². The Labute approximate surface area is 116 Å². The highest BCUT2D eigenvalue weighted by molar-refractivity contribution is 5.80. The van der Waals surface area contributed by atoms with Gasteiger partial charge in [-0.3, -0.25) is 0 Å². The lowest BCUT2D eigenvalue weighted by atomic mass is 10.2. The van der Waals surface area contributed by atoms with Crippen molar-refractivity contribution in [2.24, 2.45) is 5.16 Å². The quantitative estimate of drug-likeness (QED) is 0.518. The molecule has 0 unspecified atom stereocenters. The lowest BCUT2D eigenvalue weighted by Crippen LogP contribution is -1.98. The van der Waals surface area contributed by atoms with E-state index >= 15 is 0 Å². The summed E-state index contributed by atoms with van der Waals surface area (Å²) in [5, 5.41) is 11.4. The van der Waals surface area contributed by atoms with Crippen LogP contribution in [-0.2, 0) is 6.61 Å². The van der Waals surface area contributed by atoms with E-state index in [1.54, 1.807) is 30.3 Å². The lowest BCUT2D eigenvalue weighted by molar-refractivity contribution is 0.284. The third-order valence-corrected chi connectivity index (χ3v) is 2.68. The van der Waals surface area contributed by atoms with Gasteiger partial charge in [0.25, 0.3) is 0 Å². The van der Waals surface area contributed by atoms with Crippen molar-refractivity contribution >= 4 is 6.21 Å². The molecular formula is C15H14FNO3. The Morgan fingerprint density at radius 2 is 2.05 bits per heavy atom. The van der Waals surface area contributed by atoms with Crippen molar-refractivity contribution < 1.29 is 19.1 Å². The number of ether oxygens (including phenoxy) is 2. The van der Waals surface area contributed by atoms with E-state index < -0.39 is 0 Å². The molecule has 0 aliphatic rings. The molecule has 2 rings (SSSR count). The summed E-state index contributed by atoms with van der Waals surface area (Å²) in [5.74, 6) is 0.748. The minimum absolute atomic E-state index is 0.238. The van der Waals surface area contributed by atoms with Crippen molar-refractivity contribution in [2.75, 3.05) is 7.11 Å². The summed E-state index contributed by atoms with van der Waals surface area (Å²) in [6, 6.07) is 11.3. The number of rotatable bonds is 5. The van der Waals surface area contributed by atoms with Crippen LogP contribution in [0.2, 0.25) is 0 Å². The van der Waals surface area contributed by atoms with Gasteiger partial charge in [0, 0.05) is 5.56 Å². The molecule has 0 amide bonds. The molecule has 0 atom stereocenters. The number of benzene rings is 2. The number of nitrogens with zero attached hydrogens (tertiary/aromatic N) is 1. The minimum Gasteiger partial charge on any atom is -0.493 e. The predicted molar refractivity (Wildman–Crippen MR) is 73.1 cm³/mol. The molecule has 2 aromatic carbocycles. The van der Waals surface area contributed by atoms with Crippen molar-refractivity contribution in [1.29, 1.82) is 0 Å². The maximum Gasteiger partial charge on any atom is 0.161 e. The van der Waals surface area contributed by atoms with Crippen molar-refractivity contribution in [1.82, 2.24) is 0 Å². The highest BCUT2D eigenvalue weighted by atomic mass is 19.1. The summed E-state index contributed by atoms with van der Waals surface area (Å²) in [5.41, 5.74) is 1.41. The van der Waals surface area contributed by atoms with Crippen LogP contribution in [0.5, 0.6) is 11.5 Å². The minimum atomic E-state index is -0.299. The van der Waals surface area contributed by atoms with Gasteiger partial charge < -0.3 is 14.7 Å². The molecule has 1 N–H and O–H groups in total. The summed E-state index contributed by atoms with van der Waals surface area (Å²) in [6.07, 6.45) is 1.29. The Morgan fingerprint density at radius 1 is 1.20 bits per heavy atom. The Balaban J connectivity index is 2.13. The molecule has 0 heterocycles. The van der Waals surface area contributed by atoms with Gasteiger partial charge in [0.2, 0.25) is 0 Å². The fourth-order valence-corrected chi connectivity index (χ4v) is 1.74. The van der Waals surface area contributed by atoms with Crippen LogP contribution in [0, 0.1) is 5.82 Å². The first-order valence-corrected chi connectivity index (χ1v) is 5.95. The summed E-state index contributed by atoms with van der Waals surface area (Å²) >= 11 is 0. The van der Waals surface area contributed by atoms with E-state index in [-0.39, 0.29) is 12.4 Å². The second-order valence-corrected chi connectivity index (χ2v) is 4.07. The van der Waals surface area contributed by atoms with Crippen LogP contribution in [0.3, 0.4) is 0 Å². The molecule has 0 saturated heterocycles. The maximum absolute atomic E-state index is 13.1. The van der Waals surface area contributed by atoms with Crippen molar-refractivity contribution in [3.05, 3.63) is 59.4 Å². The fraction of sp³-hybridized carbons (Fsp3) is 0.133. The molecule has 0 radical (unpaired) electrons. The van der Waals surface area contributed by atoms with Gasteiger partial charge in [0.15, 0.2) is 11.5 Å². The third kappa shape index (κ3) is 3.47. The van der Waals surface area contributed by atoms with Gasteiger partial charge in [0.05, 0.1) is 13.3 Å². The molecular weight excluding hydrogens is 261 g/mol. The van der Waals surface area contributed by atoms with Crippen molar-refractivity contribution in [3.63, 3.8) is 0 Å². The molecule has 2 aromatic rings. The number of hydrogen-bond donors (Lipinski definition) is 1. The maximum atomic E-state index is 13.1. The second kappa shape index (κ2) is 6.56. The monoisotopic (exact) mass is 275 g/mol. The smallest absolute Gasteiger partial charge is 0.161 e. The van der Waals surface area contributed by atoms with Crippen LogP contribution in [0.15, 0.2) is 47.6 Å². The Hall–Kier alpha value is -2.56. The third-order valence-electron chi connectivity index (χ3n) is 2.68. The van der Waals surface area contributed by atoms with E-state index in [1.807, 2.05) is 0 Å². The molecule has 0 fully saturated rings. The van der Waals surface area contributed by atoms with Crippen molar-refractivity contribution in [3.8, 4) is 11.5 Å². The first-order chi connectivity index (χ1) is 9.72. The Morgan fingerprint density at radius 3 is 2.75 bits per heavy atom. The first kappa shape index (κ1) is 13.9. The zero-order chi connectivity index (χ0) is 14.4. The number of oxime groups is 1. The van der Waals surface area contributed by atoms with Crippen LogP contribution < -0.4 is 9.47 Å². The molecule has 4 nitrogen and oxygen atoms in total. The van der Waals surface area contributed by atoms with Crippen molar-refractivity contribution in [2.45, 2.75) is 6.61 Å².